The number of amides is 2. The lowest BCUT2D eigenvalue weighted by molar-refractivity contribution is -0.926. The van der Waals surface area contributed by atoms with E-state index in [1.54, 1.807) is 24.3 Å². The molecule has 0 aliphatic heterocycles. The zero-order chi connectivity index (χ0) is 26.9. The molecule has 12 nitrogen and oxygen atoms in total. The van der Waals surface area contributed by atoms with Gasteiger partial charge in [0.2, 0.25) is 5.91 Å². The van der Waals surface area contributed by atoms with E-state index in [1.807, 2.05) is 0 Å². The first-order valence-corrected chi connectivity index (χ1v) is 11.3. The second kappa shape index (κ2) is 12.2. The zero-order valence-electron chi connectivity index (χ0n) is 19.7. The van der Waals surface area contributed by atoms with Crippen molar-refractivity contribution in [1.29, 1.82) is 0 Å². The number of aromatic hydroxyl groups is 4. The molecule has 3 aromatic rings. The Balaban J connectivity index is 1.57. The molecule has 0 aliphatic rings. The number of nitrogens with zero attached hydrogens (tertiary/aromatic N) is 1. The number of nitrogens with one attached hydrogen (secondary N) is 3. The van der Waals surface area contributed by atoms with Crippen LogP contribution < -0.4 is 15.5 Å². The van der Waals surface area contributed by atoms with Crippen molar-refractivity contribution in [1.82, 2.24) is 10.6 Å². The quantitative estimate of drug-likeness (QED) is 0.110. The molecule has 0 aromatic heterocycles. The lowest BCUT2D eigenvalue weighted by Gasteiger charge is -2.21. The van der Waals surface area contributed by atoms with Crippen molar-refractivity contribution in [2.45, 2.75) is 13.1 Å². The van der Waals surface area contributed by atoms with Crippen molar-refractivity contribution in [3.8, 4) is 23.0 Å². The van der Waals surface area contributed by atoms with E-state index in [2.05, 4.69) is 10.6 Å². The van der Waals surface area contributed by atoms with Crippen molar-refractivity contribution < 1.29 is 39.8 Å². The second-order valence-electron chi connectivity index (χ2n) is 8.26. The number of hydrogen-bond acceptors (Lipinski definition) is 8. The van der Waals surface area contributed by atoms with Gasteiger partial charge in [-0.25, -0.2) is 0 Å². The molecule has 0 atom stereocenters. The van der Waals surface area contributed by atoms with Crippen molar-refractivity contribution in [3.63, 3.8) is 0 Å². The summed E-state index contributed by atoms with van der Waals surface area (Å²) in [6, 6.07) is 14.1. The molecular weight excluding hydrogens is 484 g/mol. The number of quaternary nitrogens is 1. The van der Waals surface area contributed by atoms with Gasteiger partial charge in [0.15, 0.2) is 23.0 Å². The molecule has 0 radical (unpaired) electrons. The molecule has 0 heterocycles. The predicted molar refractivity (Wildman–Crippen MR) is 131 cm³/mol. The van der Waals surface area contributed by atoms with Crippen molar-refractivity contribution in [3.05, 3.63) is 87.5 Å². The van der Waals surface area contributed by atoms with Gasteiger partial charge >= 0.3 is 0 Å². The summed E-state index contributed by atoms with van der Waals surface area (Å²) >= 11 is 0. The van der Waals surface area contributed by atoms with Gasteiger partial charge in [-0.2, -0.15) is 0 Å². The van der Waals surface area contributed by atoms with Gasteiger partial charge in [0.05, 0.1) is 35.7 Å². The Morgan fingerprint density at radius 2 is 1.35 bits per heavy atom. The summed E-state index contributed by atoms with van der Waals surface area (Å²) < 4.78 is 0. The number of hydrogen-bond donors (Lipinski definition) is 7. The molecule has 194 valence electrons. The maximum absolute atomic E-state index is 12.2. The molecule has 0 saturated heterocycles. The average Bonchev–Trinajstić information content (AvgIpc) is 2.88. The van der Waals surface area contributed by atoms with E-state index >= 15 is 0 Å². The third kappa shape index (κ3) is 7.32. The molecule has 0 fully saturated rings. The maximum atomic E-state index is 12.2. The van der Waals surface area contributed by atoms with Crippen LogP contribution in [-0.2, 0) is 17.9 Å². The fraction of sp³-hybridized carbons (Fsp3) is 0.200. The number of para-hydroxylation sites is 2. The first-order valence-electron chi connectivity index (χ1n) is 11.3. The molecule has 0 spiro atoms. The van der Waals surface area contributed by atoms with Crippen molar-refractivity contribution in [2.24, 2.45) is 0 Å². The number of non-ortho nitro benzene ring substituents is 1. The standard InChI is InChI=1S/C25H26N4O8/c30-20-5-1-3-17(23(20)33)14-28(15-18-4-2-6-21(31)24(18)34)12-11-26-22(32)13-27-25(35)16-7-9-19(10-8-16)29(36)37/h1-10,30-31,33-34H,11-15H2,(H,26,32)(H,27,35)/p+1. The Morgan fingerprint density at radius 3 is 1.86 bits per heavy atom. The average molecular weight is 512 g/mol. The van der Waals surface area contributed by atoms with Crippen LogP contribution in [0.15, 0.2) is 60.7 Å². The van der Waals surface area contributed by atoms with E-state index in [1.165, 1.54) is 36.4 Å². The third-order valence-corrected chi connectivity index (χ3v) is 5.63. The number of carbonyl (C=O) groups is 2. The molecule has 37 heavy (non-hydrogen) atoms. The summed E-state index contributed by atoms with van der Waals surface area (Å²) in [4.78, 5) is 35.4. The summed E-state index contributed by atoms with van der Waals surface area (Å²) in [5.41, 5.74) is 0.929. The van der Waals surface area contributed by atoms with Crippen LogP contribution in [0.5, 0.6) is 23.0 Å². The third-order valence-electron chi connectivity index (χ3n) is 5.63. The fourth-order valence-corrected chi connectivity index (χ4v) is 3.66. The smallest absolute Gasteiger partial charge is 0.269 e. The lowest BCUT2D eigenvalue weighted by atomic mass is 10.1. The molecule has 2 amide bonds. The van der Waals surface area contributed by atoms with Gasteiger partial charge in [0, 0.05) is 17.7 Å². The van der Waals surface area contributed by atoms with E-state index in [-0.39, 0.29) is 60.4 Å². The zero-order valence-corrected chi connectivity index (χ0v) is 19.7. The van der Waals surface area contributed by atoms with E-state index in [0.29, 0.717) is 17.7 Å². The molecule has 0 aliphatic carbocycles. The van der Waals surface area contributed by atoms with Gasteiger partial charge in [0.25, 0.3) is 11.6 Å². The molecule has 7 N–H and O–H groups in total. The number of carbonyl (C=O) groups excluding carboxylic acids is 2. The van der Waals surface area contributed by atoms with Gasteiger partial charge in [-0.05, 0) is 36.4 Å². The van der Waals surface area contributed by atoms with Crippen LogP contribution in [0.4, 0.5) is 5.69 Å². The van der Waals surface area contributed by atoms with Crippen LogP contribution >= 0.6 is 0 Å². The van der Waals surface area contributed by atoms with E-state index in [0.717, 1.165) is 4.90 Å². The molecule has 0 unspecified atom stereocenters. The van der Waals surface area contributed by atoms with Crippen molar-refractivity contribution >= 4 is 17.5 Å². The minimum atomic E-state index is -0.579. The largest absolute Gasteiger partial charge is 0.504 e. The number of rotatable bonds is 11. The van der Waals surface area contributed by atoms with Gasteiger partial charge < -0.3 is 36.0 Å². The minimum Gasteiger partial charge on any atom is -0.504 e. The minimum absolute atomic E-state index is 0.153. The predicted octanol–water partition coefficient (Wildman–Crippen LogP) is 0.549. The van der Waals surface area contributed by atoms with Crippen LogP contribution in [-0.4, -0.2) is 56.8 Å². The Labute approximate surface area is 211 Å². The Bertz CT molecular complexity index is 1230. The van der Waals surface area contributed by atoms with Crippen LogP contribution in [0.1, 0.15) is 21.5 Å². The fourth-order valence-electron chi connectivity index (χ4n) is 3.66. The molecule has 3 rings (SSSR count). The second-order valence-corrected chi connectivity index (χ2v) is 8.26. The molecule has 3 aromatic carbocycles. The van der Waals surface area contributed by atoms with E-state index < -0.39 is 16.7 Å². The lowest BCUT2D eigenvalue weighted by Crippen LogP contribution is -3.10. The topological polar surface area (TPSA) is 187 Å². The molecule has 12 heteroatoms. The van der Waals surface area contributed by atoms with Gasteiger partial charge in [0.1, 0.15) is 13.1 Å². The van der Waals surface area contributed by atoms with Gasteiger partial charge in [-0.3, -0.25) is 19.7 Å². The molecule has 0 bridgehead atoms. The van der Waals surface area contributed by atoms with Crippen molar-refractivity contribution in [2.75, 3.05) is 19.6 Å². The summed E-state index contributed by atoms with van der Waals surface area (Å²) in [7, 11) is 0. The van der Waals surface area contributed by atoms with Crippen LogP contribution in [0.2, 0.25) is 0 Å². The normalized spacial score (nSPS) is 10.7. The van der Waals surface area contributed by atoms with Gasteiger partial charge in [-0.15, -0.1) is 0 Å². The number of nitro groups is 1. The summed E-state index contributed by atoms with van der Waals surface area (Å²) in [6.45, 7) is 0.683. The number of nitro benzene ring substituents is 1. The Kier molecular flexibility index (Phi) is 8.84. The highest BCUT2D eigenvalue weighted by atomic mass is 16.6. The van der Waals surface area contributed by atoms with Gasteiger partial charge in [-0.1, -0.05) is 12.1 Å². The monoisotopic (exact) mass is 511 g/mol. The van der Waals surface area contributed by atoms with E-state index in [9.17, 15) is 40.1 Å². The summed E-state index contributed by atoms with van der Waals surface area (Å²) in [5.74, 6) is -2.09. The first-order chi connectivity index (χ1) is 17.7. The number of benzene rings is 3. The summed E-state index contributed by atoms with van der Waals surface area (Å²) in [5, 5.41) is 55.8. The first kappa shape index (κ1) is 26.8. The van der Waals surface area contributed by atoms with E-state index in [4.69, 9.17) is 0 Å². The Morgan fingerprint density at radius 1 is 0.811 bits per heavy atom. The highest BCUT2D eigenvalue weighted by molar-refractivity contribution is 5.96. The number of phenolic OH excluding ortho intramolecular Hbond substituents is 4. The maximum Gasteiger partial charge on any atom is 0.269 e. The molecular formula is C25H27N4O8+. The summed E-state index contributed by atoms with van der Waals surface area (Å²) in [6.07, 6.45) is 0. The number of phenols is 4. The van der Waals surface area contributed by atoms with Crippen LogP contribution in [0.25, 0.3) is 0 Å². The van der Waals surface area contributed by atoms with Crippen LogP contribution in [0, 0.1) is 10.1 Å². The SMILES string of the molecule is O=C(CNC(=O)c1ccc([N+](=O)[O-])cc1)NCC[NH+](Cc1cccc(O)c1O)Cc1cccc(O)c1O. The highest BCUT2D eigenvalue weighted by Crippen LogP contribution is 2.29. The van der Waals surface area contributed by atoms with Crippen LogP contribution in [0.3, 0.4) is 0 Å². The highest BCUT2D eigenvalue weighted by Gasteiger charge is 2.18. The molecule has 0 saturated carbocycles. The Hall–Kier alpha value is -4.84.